The zero-order valence-corrected chi connectivity index (χ0v) is 15.8. The summed E-state index contributed by atoms with van der Waals surface area (Å²) >= 11 is 2.86. The van der Waals surface area contributed by atoms with Gasteiger partial charge in [-0.2, -0.15) is 5.10 Å². The molecule has 1 atom stereocenters. The molecule has 3 aromatic rings. The number of carbonyl (C=O) groups excluding carboxylic acids is 1. The van der Waals surface area contributed by atoms with E-state index in [4.69, 9.17) is 0 Å². The number of hydrogen-bond donors (Lipinski definition) is 0. The largest absolute Gasteiger partial charge is 0.272 e. The van der Waals surface area contributed by atoms with Crippen molar-refractivity contribution in [3.8, 4) is 0 Å². The average molecular weight is 398 g/mol. The van der Waals surface area contributed by atoms with Crippen molar-refractivity contribution >= 4 is 34.7 Å². The standard InChI is InChI=1S/C19H15FN4OS2/c20-14-6-4-13(5-7-14)16-11-15(17-3-1-10-26-17)23-24(16)18(25)12-27-19-21-8-2-9-22-19/h1-10,16H,11-12H2/t16-/m0/s1. The highest BCUT2D eigenvalue weighted by Crippen LogP contribution is 2.34. The number of nitrogens with zero attached hydrogens (tertiary/aromatic N) is 4. The Kier molecular flexibility index (Phi) is 5.26. The summed E-state index contributed by atoms with van der Waals surface area (Å²) in [4.78, 5) is 22.1. The van der Waals surface area contributed by atoms with Gasteiger partial charge in [0.1, 0.15) is 5.82 Å². The first kappa shape index (κ1) is 17.8. The Morgan fingerprint density at radius 1 is 1.19 bits per heavy atom. The van der Waals surface area contributed by atoms with E-state index in [2.05, 4.69) is 15.1 Å². The van der Waals surface area contributed by atoms with Crippen LogP contribution in [0.25, 0.3) is 0 Å². The van der Waals surface area contributed by atoms with Crippen LogP contribution in [-0.4, -0.2) is 32.3 Å². The number of carbonyl (C=O) groups is 1. The molecule has 0 N–H and O–H groups in total. The molecule has 1 aromatic carbocycles. The van der Waals surface area contributed by atoms with E-state index in [0.717, 1.165) is 16.2 Å². The van der Waals surface area contributed by atoms with E-state index in [9.17, 15) is 9.18 Å². The van der Waals surface area contributed by atoms with Gasteiger partial charge in [-0.15, -0.1) is 11.3 Å². The molecule has 2 aromatic heterocycles. The number of benzene rings is 1. The molecule has 3 heterocycles. The monoisotopic (exact) mass is 398 g/mol. The van der Waals surface area contributed by atoms with E-state index < -0.39 is 0 Å². The van der Waals surface area contributed by atoms with Gasteiger partial charge in [-0.1, -0.05) is 30.0 Å². The number of amides is 1. The highest BCUT2D eigenvalue weighted by Gasteiger charge is 2.33. The third kappa shape index (κ3) is 4.06. The number of hydrazone groups is 1. The van der Waals surface area contributed by atoms with Gasteiger partial charge in [-0.3, -0.25) is 4.79 Å². The fourth-order valence-electron chi connectivity index (χ4n) is 2.83. The molecule has 0 saturated heterocycles. The van der Waals surface area contributed by atoms with Gasteiger partial charge >= 0.3 is 0 Å². The topological polar surface area (TPSA) is 58.5 Å². The highest BCUT2D eigenvalue weighted by atomic mass is 32.2. The first-order valence-electron chi connectivity index (χ1n) is 8.29. The molecule has 0 aliphatic carbocycles. The van der Waals surface area contributed by atoms with E-state index in [0.29, 0.717) is 11.6 Å². The van der Waals surface area contributed by atoms with Crippen LogP contribution in [0.1, 0.15) is 22.9 Å². The summed E-state index contributed by atoms with van der Waals surface area (Å²) in [5, 5.41) is 8.63. The lowest BCUT2D eigenvalue weighted by Crippen LogP contribution is -2.28. The minimum Gasteiger partial charge on any atom is -0.272 e. The van der Waals surface area contributed by atoms with Crippen LogP contribution < -0.4 is 0 Å². The summed E-state index contributed by atoms with van der Waals surface area (Å²) in [5.74, 6) is -0.248. The molecule has 4 rings (SSSR count). The lowest BCUT2D eigenvalue weighted by Gasteiger charge is -2.21. The molecule has 0 bridgehead atoms. The molecule has 0 saturated carbocycles. The van der Waals surface area contributed by atoms with Crippen molar-refractivity contribution in [2.75, 3.05) is 5.75 Å². The fourth-order valence-corrected chi connectivity index (χ4v) is 4.21. The molecule has 0 fully saturated rings. The van der Waals surface area contributed by atoms with Gasteiger partial charge in [-0.05, 0) is 35.2 Å². The third-order valence-electron chi connectivity index (χ3n) is 4.09. The maximum absolute atomic E-state index is 13.3. The van der Waals surface area contributed by atoms with E-state index in [1.165, 1.54) is 28.9 Å². The predicted molar refractivity (Wildman–Crippen MR) is 104 cm³/mol. The van der Waals surface area contributed by atoms with Crippen LogP contribution in [0.15, 0.2) is 70.5 Å². The molecule has 27 heavy (non-hydrogen) atoms. The number of hydrogen-bond acceptors (Lipinski definition) is 6. The molecule has 0 radical (unpaired) electrons. The fraction of sp³-hybridized carbons (Fsp3) is 0.158. The van der Waals surface area contributed by atoms with Crippen LogP contribution in [0.5, 0.6) is 0 Å². The minimum atomic E-state index is -0.300. The second kappa shape index (κ2) is 7.98. The van der Waals surface area contributed by atoms with Gasteiger partial charge in [-0.25, -0.2) is 19.4 Å². The first-order chi connectivity index (χ1) is 13.2. The maximum Gasteiger partial charge on any atom is 0.253 e. The minimum absolute atomic E-state index is 0.131. The molecule has 136 valence electrons. The number of aromatic nitrogens is 2. The van der Waals surface area contributed by atoms with E-state index in [-0.39, 0.29) is 23.5 Å². The highest BCUT2D eigenvalue weighted by molar-refractivity contribution is 7.99. The molecule has 0 unspecified atom stereocenters. The van der Waals surface area contributed by atoms with Crippen LogP contribution in [0.3, 0.4) is 0 Å². The van der Waals surface area contributed by atoms with E-state index in [1.807, 2.05) is 17.5 Å². The normalized spacial score (nSPS) is 16.4. The Hall–Kier alpha value is -2.58. The van der Waals surface area contributed by atoms with Crippen molar-refractivity contribution in [2.24, 2.45) is 5.10 Å². The lowest BCUT2D eigenvalue weighted by atomic mass is 10.0. The Bertz CT molecular complexity index is 946. The summed E-state index contributed by atoms with van der Waals surface area (Å²) < 4.78 is 13.3. The summed E-state index contributed by atoms with van der Waals surface area (Å²) in [6.45, 7) is 0. The van der Waals surface area contributed by atoms with Gasteiger partial charge in [0.2, 0.25) is 0 Å². The van der Waals surface area contributed by atoms with Crippen LogP contribution in [0.2, 0.25) is 0 Å². The second-order valence-corrected chi connectivity index (χ2v) is 7.74. The average Bonchev–Trinajstić information content (AvgIpc) is 3.37. The number of thioether (sulfide) groups is 1. The number of thiophene rings is 1. The summed E-state index contributed by atoms with van der Waals surface area (Å²) in [5.41, 5.74) is 1.73. The predicted octanol–water partition coefficient (Wildman–Crippen LogP) is 4.15. The molecular formula is C19H15FN4OS2. The van der Waals surface area contributed by atoms with E-state index >= 15 is 0 Å². The number of rotatable bonds is 5. The van der Waals surface area contributed by atoms with Gasteiger partial charge in [0.05, 0.1) is 22.4 Å². The zero-order valence-electron chi connectivity index (χ0n) is 14.2. The van der Waals surface area contributed by atoms with Crippen molar-refractivity contribution in [2.45, 2.75) is 17.6 Å². The zero-order chi connectivity index (χ0) is 18.6. The van der Waals surface area contributed by atoms with Gasteiger partial charge in [0, 0.05) is 18.8 Å². The molecule has 1 aliphatic rings. The second-order valence-electron chi connectivity index (χ2n) is 5.85. The number of halogens is 1. The lowest BCUT2D eigenvalue weighted by molar-refractivity contribution is -0.130. The van der Waals surface area contributed by atoms with Crippen molar-refractivity contribution in [3.05, 3.63) is 76.5 Å². The molecule has 0 spiro atoms. The van der Waals surface area contributed by atoms with Crippen molar-refractivity contribution < 1.29 is 9.18 Å². The molecule has 8 heteroatoms. The Labute approximate surface area is 164 Å². The Morgan fingerprint density at radius 3 is 2.67 bits per heavy atom. The van der Waals surface area contributed by atoms with Crippen LogP contribution >= 0.6 is 23.1 Å². The van der Waals surface area contributed by atoms with Gasteiger partial charge in [0.25, 0.3) is 5.91 Å². The van der Waals surface area contributed by atoms with Gasteiger partial charge in [0.15, 0.2) is 5.16 Å². The first-order valence-corrected chi connectivity index (χ1v) is 10.2. The summed E-state index contributed by atoms with van der Waals surface area (Å²) in [6, 6.07) is 11.7. The smallest absolute Gasteiger partial charge is 0.253 e. The Morgan fingerprint density at radius 2 is 1.96 bits per heavy atom. The van der Waals surface area contributed by atoms with E-state index in [1.54, 1.807) is 41.9 Å². The quantitative estimate of drug-likeness (QED) is 0.479. The van der Waals surface area contributed by atoms with Crippen molar-refractivity contribution in [3.63, 3.8) is 0 Å². The molecule has 1 aliphatic heterocycles. The summed E-state index contributed by atoms with van der Waals surface area (Å²) in [6.07, 6.45) is 3.89. The Balaban J connectivity index is 1.56. The van der Waals surface area contributed by atoms with Crippen LogP contribution in [0.4, 0.5) is 4.39 Å². The van der Waals surface area contributed by atoms with Crippen LogP contribution in [0, 0.1) is 5.82 Å². The van der Waals surface area contributed by atoms with Crippen molar-refractivity contribution in [1.29, 1.82) is 0 Å². The van der Waals surface area contributed by atoms with Gasteiger partial charge < -0.3 is 0 Å². The van der Waals surface area contributed by atoms with Crippen molar-refractivity contribution in [1.82, 2.24) is 15.0 Å². The van der Waals surface area contributed by atoms with Crippen LogP contribution in [-0.2, 0) is 4.79 Å². The summed E-state index contributed by atoms with van der Waals surface area (Å²) in [7, 11) is 0. The molecule has 5 nitrogen and oxygen atoms in total. The third-order valence-corrected chi connectivity index (χ3v) is 5.87. The molecular weight excluding hydrogens is 383 g/mol. The molecule has 1 amide bonds. The SMILES string of the molecule is O=C(CSc1ncccn1)N1N=C(c2cccs2)C[C@H]1c1ccc(F)cc1. The maximum atomic E-state index is 13.3.